The number of aromatic nitrogens is 2. The fourth-order valence-electron chi connectivity index (χ4n) is 4.05. The molecule has 196 valence electrons. The smallest absolute Gasteiger partial charge is 0.282 e. The van der Waals surface area contributed by atoms with Crippen LogP contribution in [0.3, 0.4) is 0 Å². The maximum atomic E-state index is 13.8. The highest BCUT2D eigenvalue weighted by Gasteiger charge is 2.18. The van der Waals surface area contributed by atoms with Crippen LogP contribution < -0.4 is 10.5 Å². The van der Waals surface area contributed by atoms with Crippen molar-refractivity contribution < 1.29 is 8.42 Å². The van der Waals surface area contributed by atoms with Crippen LogP contribution in [0.1, 0.15) is 5.56 Å². The summed E-state index contributed by atoms with van der Waals surface area (Å²) in [6, 6.07) is 26.4. The second kappa shape index (κ2) is 10.9. The molecule has 0 N–H and O–H groups in total. The van der Waals surface area contributed by atoms with E-state index in [1.54, 1.807) is 30.3 Å². The molecule has 0 atom stereocenters. The first-order valence-electron chi connectivity index (χ1n) is 11.8. The van der Waals surface area contributed by atoms with Crippen LogP contribution in [0, 0.1) is 0 Å². The van der Waals surface area contributed by atoms with Gasteiger partial charge >= 0.3 is 0 Å². The van der Waals surface area contributed by atoms with Gasteiger partial charge in [0.25, 0.3) is 15.6 Å². The molecule has 5 rings (SSSR count). The number of fused-ring (bicyclic) bond motifs is 1. The normalized spacial score (nSPS) is 11.8. The summed E-state index contributed by atoms with van der Waals surface area (Å²) in [5, 5.41) is 0.414. The molecule has 0 aliphatic carbocycles. The van der Waals surface area contributed by atoms with E-state index >= 15 is 0 Å². The number of anilines is 1. The van der Waals surface area contributed by atoms with Crippen molar-refractivity contribution in [3.8, 4) is 17.1 Å². The van der Waals surface area contributed by atoms with Gasteiger partial charge in [-0.15, -0.1) is 0 Å². The third kappa shape index (κ3) is 5.59. The molecule has 0 spiro atoms. The summed E-state index contributed by atoms with van der Waals surface area (Å²) >= 11 is 6.97. The van der Waals surface area contributed by atoms with Crippen LogP contribution in [0.2, 0.25) is 0 Å². The van der Waals surface area contributed by atoms with Gasteiger partial charge in [-0.3, -0.25) is 9.36 Å². The van der Waals surface area contributed by atoms with Gasteiger partial charge in [0, 0.05) is 40.5 Å². The van der Waals surface area contributed by atoms with Crippen LogP contribution in [-0.2, 0) is 10.0 Å². The summed E-state index contributed by atoms with van der Waals surface area (Å²) < 4.78 is 32.6. The minimum atomic E-state index is -3.96. The lowest BCUT2D eigenvalue weighted by Crippen LogP contribution is -2.22. The van der Waals surface area contributed by atoms with Crippen molar-refractivity contribution in [3.63, 3.8) is 0 Å². The van der Waals surface area contributed by atoms with Crippen LogP contribution >= 0.6 is 31.9 Å². The monoisotopic (exact) mass is 664 g/mol. The van der Waals surface area contributed by atoms with E-state index in [1.807, 2.05) is 67.5 Å². The Hall–Kier alpha value is -3.60. The van der Waals surface area contributed by atoms with Gasteiger partial charge in [-0.25, -0.2) is 4.98 Å². The zero-order chi connectivity index (χ0) is 27.7. The Kier molecular flexibility index (Phi) is 7.53. The highest BCUT2D eigenvalue weighted by atomic mass is 79.9. The number of hydrogen-bond acceptors (Lipinski definition) is 5. The average Bonchev–Trinajstić information content (AvgIpc) is 2.93. The van der Waals surface area contributed by atoms with Crippen molar-refractivity contribution in [2.75, 3.05) is 19.0 Å². The Bertz CT molecular complexity index is 1870. The zero-order valence-corrected chi connectivity index (χ0v) is 24.9. The third-order valence-electron chi connectivity index (χ3n) is 6.07. The first kappa shape index (κ1) is 27.0. The summed E-state index contributed by atoms with van der Waals surface area (Å²) in [6.07, 6.45) is 1.32. The minimum absolute atomic E-state index is 0.0148. The molecule has 0 saturated heterocycles. The predicted molar refractivity (Wildman–Crippen MR) is 164 cm³/mol. The van der Waals surface area contributed by atoms with E-state index in [0.717, 1.165) is 15.7 Å². The van der Waals surface area contributed by atoms with E-state index in [4.69, 9.17) is 4.98 Å². The standard InChI is InChI=1S/C29H22Br2N4O3S/c1-34(2)22-10-8-19(9-11-22)18-32-39(37,38)24-14-12-23(13-15-24)35-28(20-6-4-3-5-7-20)33-27-25(29(35)36)16-21(30)17-26(27)31/h3-18H,1-2H3/b32-18+. The van der Waals surface area contributed by atoms with Gasteiger partial charge in [0.1, 0.15) is 5.82 Å². The maximum Gasteiger partial charge on any atom is 0.282 e. The largest absolute Gasteiger partial charge is 0.378 e. The van der Waals surface area contributed by atoms with Crippen molar-refractivity contribution in [2.45, 2.75) is 4.90 Å². The van der Waals surface area contributed by atoms with E-state index in [-0.39, 0.29) is 10.5 Å². The molecule has 0 unspecified atom stereocenters. The van der Waals surface area contributed by atoms with Crippen LogP contribution in [-0.4, -0.2) is 38.3 Å². The topological polar surface area (TPSA) is 84.6 Å². The Morgan fingerprint density at radius 2 is 1.56 bits per heavy atom. The second-order valence-corrected chi connectivity index (χ2v) is 12.3. The number of sulfonamides is 1. The van der Waals surface area contributed by atoms with Gasteiger partial charge in [-0.1, -0.05) is 58.4 Å². The first-order valence-corrected chi connectivity index (χ1v) is 14.8. The van der Waals surface area contributed by atoms with Crippen molar-refractivity contribution in [1.82, 2.24) is 9.55 Å². The summed E-state index contributed by atoms with van der Waals surface area (Å²) in [4.78, 5) is 20.6. The molecule has 0 saturated carbocycles. The molecule has 4 aromatic carbocycles. The fraction of sp³-hybridized carbons (Fsp3) is 0.0690. The summed E-state index contributed by atoms with van der Waals surface area (Å²) in [7, 11) is -0.0975. The average molecular weight is 666 g/mol. The fourth-order valence-corrected chi connectivity index (χ4v) is 6.23. The predicted octanol–water partition coefficient (Wildman–Crippen LogP) is 6.45. The number of rotatable bonds is 6. The number of benzene rings is 4. The van der Waals surface area contributed by atoms with Gasteiger partial charge in [0.15, 0.2) is 0 Å². The molecular weight excluding hydrogens is 644 g/mol. The number of nitrogens with zero attached hydrogens (tertiary/aromatic N) is 4. The van der Waals surface area contributed by atoms with Gasteiger partial charge < -0.3 is 4.90 Å². The molecule has 1 heterocycles. The molecule has 5 aromatic rings. The van der Waals surface area contributed by atoms with Gasteiger partial charge in [-0.05, 0) is 70.0 Å². The number of hydrogen-bond donors (Lipinski definition) is 0. The molecule has 0 amide bonds. The summed E-state index contributed by atoms with van der Waals surface area (Å²) in [5.41, 5.74) is 3.14. The van der Waals surface area contributed by atoms with Crippen LogP contribution in [0.25, 0.3) is 28.0 Å². The maximum absolute atomic E-state index is 13.8. The second-order valence-electron chi connectivity index (χ2n) is 8.92. The van der Waals surface area contributed by atoms with Gasteiger partial charge in [0.2, 0.25) is 0 Å². The Labute approximate surface area is 242 Å². The molecular formula is C29H22Br2N4O3S. The molecule has 10 heteroatoms. The lowest BCUT2D eigenvalue weighted by molar-refractivity contribution is 0.598. The summed E-state index contributed by atoms with van der Waals surface area (Å²) in [5.74, 6) is 0.436. The highest BCUT2D eigenvalue weighted by molar-refractivity contribution is 9.11. The van der Waals surface area contributed by atoms with Gasteiger partial charge in [0.05, 0.1) is 21.5 Å². The molecule has 0 radical (unpaired) electrons. The lowest BCUT2D eigenvalue weighted by Gasteiger charge is -2.15. The molecule has 7 nitrogen and oxygen atoms in total. The Balaban J connectivity index is 1.57. The molecule has 0 aliphatic rings. The molecule has 1 aromatic heterocycles. The van der Waals surface area contributed by atoms with Crippen LogP contribution in [0.4, 0.5) is 5.69 Å². The molecule has 0 fully saturated rings. The molecule has 39 heavy (non-hydrogen) atoms. The zero-order valence-electron chi connectivity index (χ0n) is 20.9. The lowest BCUT2D eigenvalue weighted by atomic mass is 10.1. The molecule has 0 aliphatic heterocycles. The van der Waals surface area contributed by atoms with Crippen molar-refractivity contribution in [1.29, 1.82) is 0 Å². The summed E-state index contributed by atoms with van der Waals surface area (Å²) in [6.45, 7) is 0. The van der Waals surface area contributed by atoms with Crippen molar-refractivity contribution in [2.24, 2.45) is 4.40 Å². The van der Waals surface area contributed by atoms with Crippen LogP contribution in [0.5, 0.6) is 0 Å². The minimum Gasteiger partial charge on any atom is -0.378 e. The SMILES string of the molecule is CN(C)c1ccc(/C=N/S(=O)(=O)c2ccc(-n3c(-c4ccccc4)nc4c(Br)cc(Br)cc4c3=O)cc2)cc1. The quantitative estimate of drug-likeness (QED) is 0.195. The van der Waals surface area contributed by atoms with Crippen molar-refractivity contribution in [3.05, 3.63) is 116 Å². The Morgan fingerprint density at radius 1 is 0.897 bits per heavy atom. The third-order valence-corrected chi connectivity index (χ3v) is 8.38. The van der Waals surface area contributed by atoms with Gasteiger partial charge in [-0.2, -0.15) is 12.8 Å². The highest BCUT2D eigenvalue weighted by Crippen LogP contribution is 2.29. The van der Waals surface area contributed by atoms with Crippen molar-refractivity contribution >= 4 is 64.7 Å². The van der Waals surface area contributed by atoms with Crippen LogP contribution in [0.15, 0.2) is 114 Å². The van der Waals surface area contributed by atoms with E-state index in [0.29, 0.717) is 32.5 Å². The molecule has 0 bridgehead atoms. The number of halogens is 2. The van der Waals surface area contributed by atoms with E-state index in [2.05, 4.69) is 36.3 Å². The Morgan fingerprint density at radius 3 is 2.21 bits per heavy atom. The van der Waals surface area contributed by atoms with E-state index in [1.165, 1.54) is 22.9 Å². The van der Waals surface area contributed by atoms with E-state index in [9.17, 15) is 13.2 Å². The van der Waals surface area contributed by atoms with E-state index < -0.39 is 10.0 Å². The first-order chi connectivity index (χ1) is 18.6.